The number of aliphatic hydroxyl groups is 1. The van der Waals surface area contributed by atoms with Crippen molar-refractivity contribution >= 4 is 17.7 Å². The van der Waals surface area contributed by atoms with Crippen LogP contribution < -0.4 is 0 Å². The predicted octanol–water partition coefficient (Wildman–Crippen LogP) is 2.95. The van der Waals surface area contributed by atoms with E-state index in [1.807, 2.05) is 43.2 Å². The molecule has 0 bridgehead atoms. The molecule has 1 aromatic rings. The van der Waals surface area contributed by atoms with Gasteiger partial charge < -0.3 is 10.0 Å². The molecule has 110 valence electrons. The van der Waals surface area contributed by atoms with Crippen LogP contribution in [0.25, 0.3) is 0 Å². The molecule has 1 fully saturated rings. The molecule has 0 aromatic heterocycles. The molecule has 1 N–H and O–H groups in total. The average Bonchev–Trinajstić information content (AvgIpc) is 2.47. The maximum Gasteiger partial charge on any atom is 0.254 e. The van der Waals surface area contributed by atoms with Crippen LogP contribution >= 0.6 is 11.8 Å². The monoisotopic (exact) mass is 293 g/mol. The lowest BCUT2D eigenvalue weighted by Gasteiger charge is -2.34. The summed E-state index contributed by atoms with van der Waals surface area (Å²) in [4.78, 5) is 15.7. The van der Waals surface area contributed by atoms with E-state index in [2.05, 4.69) is 0 Å². The van der Waals surface area contributed by atoms with E-state index in [1.165, 1.54) is 0 Å². The van der Waals surface area contributed by atoms with Crippen LogP contribution in [0.2, 0.25) is 0 Å². The number of rotatable bonds is 3. The Labute approximate surface area is 125 Å². The Morgan fingerprint density at radius 2 is 2.25 bits per heavy atom. The molecule has 2 atom stereocenters. The fraction of sp³-hybridized carbons (Fsp3) is 0.562. The third-order valence-corrected chi connectivity index (χ3v) is 4.83. The molecule has 1 aromatic carbocycles. The molecule has 20 heavy (non-hydrogen) atoms. The van der Waals surface area contributed by atoms with Crippen molar-refractivity contribution in [3.05, 3.63) is 29.3 Å². The largest absolute Gasteiger partial charge is 0.393 e. The van der Waals surface area contributed by atoms with Crippen LogP contribution in [0.5, 0.6) is 0 Å². The summed E-state index contributed by atoms with van der Waals surface area (Å²) in [6, 6.07) is 6.04. The summed E-state index contributed by atoms with van der Waals surface area (Å²) in [6.45, 7) is 5.26. The minimum atomic E-state index is -0.343. The summed E-state index contributed by atoms with van der Waals surface area (Å²) in [5, 5.41) is 9.74. The number of carbonyl (C=O) groups is 1. The van der Waals surface area contributed by atoms with Crippen LogP contribution in [0.3, 0.4) is 0 Å². The SMILES string of the molecule is CSc1ccc(C)c(C(=O)N2CCCC(C(C)O)C2)c1. The highest BCUT2D eigenvalue weighted by atomic mass is 32.2. The van der Waals surface area contributed by atoms with Crippen molar-refractivity contribution < 1.29 is 9.90 Å². The summed E-state index contributed by atoms with van der Waals surface area (Å²) in [5.41, 5.74) is 1.81. The smallest absolute Gasteiger partial charge is 0.254 e. The van der Waals surface area contributed by atoms with E-state index in [9.17, 15) is 9.90 Å². The second-order valence-corrected chi connectivity index (χ2v) is 6.45. The molecule has 1 aliphatic heterocycles. The molecule has 1 saturated heterocycles. The van der Waals surface area contributed by atoms with Crippen LogP contribution in [0.15, 0.2) is 23.1 Å². The van der Waals surface area contributed by atoms with E-state index < -0.39 is 0 Å². The molecular formula is C16H23NO2S. The number of hydrogen-bond acceptors (Lipinski definition) is 3. The molecule has 3 nitrogen and oxygen atoms in total. The maximum atomic E-state index is 12.7. The first-order valence-corrected chi connectivity index (χ1v) is 8.37. The highest BCUT2D eigenvalue weighted by molar-refractivity contribution is 7.98. The zero-order chi connectivity index (χ0) is 14.7. The molecule has 2 unspecified atom stereocenters. The van der Waals surface area contributed by atoms with Gasteiger partial charge in [0.2, 0.25) is 0 Å². The zero-order valence-corrected chi connectivity index (χ0v) is 13.2. The quantitative estimate of drug-likeness (QED) is 0.871. The number of amides is 1. The molecule has 2 rings (SSSR count). The lowest BCUT2D eigenvalue weighted by molar-refractivity contribution is 0.0465. The second kappa shape index (κ2) is 6.64. The Kier molecular flexibility index (Phi) is 5.11. The van der Waals surface area contributed by atoms with Crippen molar-refractivity contribution in [1.82, 2.24) is 4.90 Å². The first-order chi connectivity index (χ1) is 9.52. The third-order valence-electron chi connectivity index (χ3n) is 4.10. The van der Waals surface area contributed by atoms with Gasteiger partial charge in [-0.25, -0.2) is 0 Å². The van der Waals surface area contributed by atoms with Crippen LogP contribution in [0, 0.1) is 12.8 Å². The van der Waals surface area contributed by atoms with Gasteiger partial charge in [0.25, 0.3) is 5.91 Å². The molecule has 0 aliphatic carbocycles. The topological polar surface area (TPSA) is 40.5 Å². The minimum absolute atomic E-state index is 0.101. The molecule has 0 spiro atoms. The Balaban J connectivity index is 2.18. The van der Waals surface area contributed by atoms with Crippen molar-refractivity contribution in [2.75, 3.05) is 19.3 Å². The fourth-order valence-corrected chi connectivity index (χ4v) is 3.16. The van der Waals surface area contributed by atoms with Gasteiger partial charge in [0.15, 0.2) is 0 Å². The minimum Gasteiger partial charge on any atom is -0.393 e. The highest BCUT2D eigenvalue weighted by Crippen LogP contribution is 2.24. The van der Waals surface area contributed by atoms with Crippen molar-refractivity contribution in [2.24, 2.45) is 5.92 Å². The van der Waals surface area contributed by atoms with Gasteiger partial charge in [0.1, 0.15) is 0 Å². The number of aryl methyl sites for hydroxylation is 1. The third kappa shape index (κ3) is 3.36. The van der Waals surface area contributed by atoms with E-state index in [-0.39, 0.29) is 17.9 Å². The van der Waals surface area contributed by atoms with Crippen LogP contribution in [-0.4, -0.2) is 41.4 Å². The van der Waals surface area contributed by atoms with Crippen molar-refractivity contribution in [1.29, 1.82) is 0 Å². The summed E-state index contributed by atoms with van der Waals surface area (Å²) >= 11 is 1.65. The van der Waals surface area contributed by atoms with Crippen LogP contribution in [-0.2, 0) is 0 Å². The zero-order valence-electron chi connectivity index (χ0n) is 12.4. The normalized spacial score (nSPS) is 20.8. The van der Waals surface area contributed by atoms with Crippen molar-refractivity contribution in [3.8, 4) is 0 Å². The molecular weight excluding hydrogens is 270 g/mol. The molecule has 4 heteroatoms. The molecule has 1 aliphatic rings. The second-order valence-electron chi connectivity index (χ2n) is 5.57. The van der Waals surface area contributed by atoms with E-state index in [0.717, 1.165) is 35.4 Å². The number of piperidine rings is 1. The van der Waals surface area contributed by atoms with Gasteiger partial charge >= 0.3 is 0 Å². The summed E-state index contributed by atoms with van der Waals surface area (Å²) < 4.78 is 0. The van der Waals surface area contributed by atoms with Gasteiger partial charge in [-0.15, -0.1) is 11.8 Å². The number of nitrogens with zero attached hydrogens (tertiary/aromatic N) is 1. The Hall–Kier alpha value is -1.00. The number of likely N-dealkylation sites (tertiary alicyclic amines) is 1. The number of carbonyl (C=O) groups excluding carboxylic acids is 1. The van der Waals surface area contributed by atoms with Gasteiger partial charge in [0.05, 0.1) is 6.10 Å². The maximum absolute atomic E-state index is 12.7. The van der Waals surface area contributed by atoms with E-state index in [0.29, 0.717) is 6.54 Å². The Morgan fingerprint density at radius 1 is 1.50 bits per heavy atom. The first-order valence-electron chi connectivity index (χ1n) is 7.15. The molecule has 1 amide bonds. The lowest BCUT2D eigenvalue weighted by Crippen LogP contribution is -2.43. The number of benzene rings is 1. The molecule has 0 saturated carbocycles. The van der Waals surface area contributed by atoms with E-state index in [1.54, 1.807) is 11.8 Å². The summed E-state index contributed by atoms with van der Waals surface area (Å²) in [6.07, 6.45) is 3.65. The predicted molar refractivity (Wildman–Crippen MR) is 83.3 cm³/mol. The van der Waals surface area contributed by atoms with Crippen molar-refractivity contribution in [3.63, 3.8) is 0 Å². The van der Waals surface area contributed by atoms with Gasteiger partial charge in [0, 0.05) is 29.5 Å². The van der Waals surface area contributed by atoms with Gasteiger partial charge in [-0.05, 0) is 50.6 Å². The molecule has 0 radical (unpaired) electrons. The van der Waals surface area contributed by atoms with E-state index >= 15 is 0 Å². The highest BCUT2D eigenvalue weighted by Gasteiger charge is 2.27. The lowest BCUT2D eigenvalue weighted by atomic mass is 9.93. The number of thioether (sulfide) groups is 1. The summed E-state index contributed by atoms with van der Waals surface area (Å²) in [5.74, 6) is 0.306. The fourth-order valence-electron chi connectivity index (χ4n) is 2.72. The number of aliphatic hydroxyl groups excluding tert-OH is 1. The van der Waals surface area contributed by atoms with Gasteiger partial charge in [-0.2, -0.15) is 0 Å². The summed E-state index contributed by atoms with van der Waals surface area (Å²) in [7, 11) is 0. The van der Waals surface area contributed by atoms with Crippen LogP contribution in [0.4, 0.5) is 0 Å². The van der Waals surface area contributed by atoms with Gasteiger partial charge in [-0.3, -0.25) is 4.79 Å². The number of hydrogen-bond donors (Lipinski definition) is 1. The van der Waals surface area contributed by atoms with Gasteiger partial charge in [-0.1, -0.05) is 6.07 Å². The molecule has 1 heterocycles. The van der Waals surface area contributed by atoms with E-state index in [4.69, 9.17) is 0 Å². The first kappa shape index (κ1) is 15.4. The Bertz CT molecular complexity index is 487. The average molecular weight is 293 g/mol. The van der Waals surface area contributed by atoms with Crippen LogP contribution in [0.1, 0.15) is 35.7 Å². The standard InChI is InChI=1S/C16H23NO2S/c1-11-6-7-14(20-3)9-15(11)16(19)17-8-4-5-13(10-17)12(2)18/h6-7,9,12-13,18H,4-5,8,10H2,1-3H3. The van der Waals surface area contributed by atoms with Crippen molar-refractivity contribution in [2.45, 2.75) is 37.7 Å². The Morgan fingerprint density at radius 3 is 2.90 bits per heavy atom.